The molecule has 1 aromatic carbocycles. The summed E-state index contributed by atoms with van der Waals surface area (Å²) in [6, 6.07) is 8.78. The Hall–Kier alpha value is -1.06. The zero-order valence-electron chi connectivity index (χ0n) is 13.9. The van der Waals surface area contributed by atoms with E-state index in [0.29, 0.717) is 24.5 Å². The summed E-state index contributed by atoms with van der Waals surface area (Å²) in [6.45, 7) is 3.77. The normalized spacial score (nSPS) is 28.7. The first kappa shape index (κ1) is 16.8. The highest BCUT2D eigenvalue weighted by Crippen LogP contribution is 2.32. The first-order chi connectivity index (χ1) is 11.1. The molecule has 2 fully saturated rings. The van der Waals surface area contributed by atoms with Crippen molar-refractivity contribution < 1.29 is 4.79 Å². The summed E-state index contributed by atoms with van der Waals surface area (Å²) < 4.78 is 0. The molecule has 126 valence electrons. The summed E-state index contributed by atoms with van der Waals surface area (Å²) in [6.07, 6.45) is 7.19. The monoisotopic (exact) mass is 334 g/mol. The molecule has 23 heavy (non-hydrogen) atoms. The molecule has 0 spiro atoms. The molecule has 0 bridgehead atoms. The number of amides is 1. The highest BCUT2D eigenvalue weighted by Gasteiger charge is 2.29. The number of benzene rings is 1. The Bertz CT molecular complexity index is 531. The van der Waals surface area contributed by atoms with Gasteiger partial charge in [-0.1, -0.05) is 43.5 Å². The van der Waals surface area contributed by atoms with Gasteiger partial charge in [-0.2, -0.15) is 0 Å². The molecular formula is C19H27ClN2O. The van der Waals surface area contributed by atoms with E-state index in [2.05, 4.69) is 29.3 Å². The van der Waals surface area contributed by atoms with E-state index in [1.165, 1.54) is 24.8 Å². The number of carbonyl (C=O) groups is 1. The van der Waals surface area contributed by atoms with Gasteiger partial charge in [-0.05, 0) is 55.8 Å². The lowest BCUT2D eigenvalue weighted by Crippen LogP contribution is -2.45. The molecule has 1 heterocycles. The lowest BCUT2D eigenvalue weighted by Gasteiger charge is -2.31. The van der Waals surface area contributed by atoms with Gasteiger partial charge in [0.15, 0.2) is 0 Å². The third-order valence-corrected chi connectivity index (χ3v) is 5.67. The average molecular weight is 335 g/mol. The van der Waals surface area contributed by atoms with Crippen molar-refractivity contribution in [3.63, 3.8) is 0 Å². The molecule has 1 saturated carbocycles. The number of halogens is 1. The first-order valence-electron chi connectivity index (χ1n) is 8.92. The third-order valence-electron chi connectivity index (χ3n) is 5.42. The van der Waals surface area contributed by atoms with Gasteiger partial charge >= 0.3 is 0 Å². The van der Waals surface area contributed by atoms with Crippen molar-refractivity contribution in [2.75, 3.05) is 13.1 Å². The SMILES string of the molecule is C[C@@H]1CCCC[C@H]1NC(=O)CN1CCC[C@H]1c1ccc(Cl)cc1. The van der Waals surface area contributed by atoms with Crippen LogP contribution in [0, 0.1) is 5.92 Å². The van der Waals surface area contributed by atoms with Gasteiger partial charge in [-0.3, -0.25) is 9.69 Å². The Morgan fingerprint density at radius 3 is 2.65 bits per heavy atom. The standard InChI is InChI=1S/C19H27ClN2O/c1-14-5-2-3-6-17(14)21-19(23)13-22-12-4-7-18(22)15-8-10-16(20)11-9-15/h8-11,14,17-18H,2-7,12-13H2,1H3,(H,21,23)/t14-,17-,18+/m1/s1. The summed E-state index contributed by atoms with van der Waals surface area (Å²) in [5.74, 6) is 0.794. The zero-order chi connectivity index (χ0) is 16.2. The zero-order valence-corrected chi connectivity index (χ0v) is 14.7. The lowest BCUT2D eigenvalue weighted by molar-refractivity contribution is -0.123. The van der Waals surface area contributed by atoms with Gasteiger partial charge < -0.3 is 5.32 Å². The van der Waals surface area contributed by atoms with Gasteiger partial charge in [0.1, 0.15) is 0 Å². The van der Waals surface area contributed by atoms with Crippen LogP contribution in [0.4, 0.5) is 0 Å². The molecule has 0 radical (unpaired) electrons. The second-order valence-electron chi connectivity index (χ2n) is 7.12. The molecule has 1 aliphatic carbocycles. The number of nitrogens with zero attached hydrogens (tertiary/aromatic N) is 1. The van der Waals surface area contributed by atoms with Crippen LogP contribution in [0.3, 0.4) is 0 Å². The van der Waals surface area contributed by atoms with E-state index < -0.39 is 0 Å². The third kappa shape index (κ3) is 4.27. The molecule has 1 amide bonds. The van der Waals surface area contributed by atoms with E-state index in [4.69, 9.17) is 11.6 Å². The molecule has 1 aromatic rings. The number of carbonyl (C=O) groups excluding carboxylic acids is 1. The van der Waals surface area contributed by atoms with Gasteiger partial charge in [0.2, 0.25) is 5.91 Å². The summed E-state index contributed by atoms with van der Waals surface area (Å²) in [5, 5.41) is 4.04. The minimum Gasteiger partial charge on any atom is -0.352 e. The van der Waals surface area contributed by atoms with Crippen LogP contribution in [-0.4, -0.2) is 29.9 Å². The van der Waals surface area contributed by atoms with Crippen LogP contribution >= 0.6 is 11.6 Å². The summed E-state index contributed by atoms with van der Waals surface area (Å²) in [5.41, 5.74) is 1.27. The molecule has 2 aliphatic rings. The molecule has 0 aromatic heterocycles. The van der Waals surface area contributed by atoms with Crippen LogP contribution in [0.5, 0.6) is 0 Å². The number of likely N-dealkylation sites (tertiary alicyclic amines) is 1. The van der Waals surface area contributed by atoms with E-state index in [1.807, 2.05) is 12.1 Å². The van der Waals surface area contributed by atoms with Crippen molar-refractivity contribution in [3.05, 3.63) is 34.9 Å². The highest BCUT2D eigenvalue weighted by atomic mass is 35.5. The first-order valence-corrected chi connectivity index (χ1v) is 9.30. The predicted octanol–water partition coefficient (Wildman–Crippen LogP) is 4.17. The fourth-order valence-electron chi connectivity index (χ4n) is 4.05. The van der Waals surface area contributed by atoms with Crippen molar-refractivity contribution in [2.24, 2.45) is 5.92 Å². The van der Waals surface area contributed by atoms with E-state index in [-0.39, 0.29) is 5.91 Å². The predicted molar refractivity (Wildman–Crippen MR) is 94.6 cm³/mol. The molecule has 1 N–H and O–H groups in total. The second kappa shape index (κ2) is 7.67. The fraction of sp³-hybridized carbons (Fsp3) is 0.632. The Morgan fingerprint density at radius 1 is 1.17 bits per heavy atom. The molecule has 4 heteroatoms. The second-order valence-corrected chi connectivity index (χ2v) is 7.55. The topological polar surface area (TPSA) is 32.3 Å². The van der Waals surface area contributed by atoms with Gasteiger partial charge in [0.05, 0.1) is 6.54 Å². The van der Waals surface area contributed by atoms with E-state index in [0.717, 1.165) is 30.8 Å². The number of rotatable bonds is 4. The smallest absolute Gasteiger partial charge is 0.234 e. The molecule has 3 nitrogen and oxygen atoms in total. The molecular weight excluding hydrogens is 308 g/mol. The van der Waals surface area contributed by atoms with E-state index in [9.17, 15) is 4.79 Å². The molecule has 3 rings (SSSR count). The Kier molecular flexibility index (Phi) is 5.60. The fourth-order valence-corrected chi connectivity index (χ4v) is 4.17. The Morgan fingerprint density at radius 2 is 1.91 bits per heavy atom. The van der Waals surface area contributed by atoms with E-state index in [1.54, 1.807) is 0 Å². The Balaban J connectivity index is 1.57. The molecule has 1 aliphatic heterocycles. The lowest BCUT2D eigenvalue weighted by atomic mass is 9.86. The Labute approximate surface area is 144 Å². The molecule has 3 atom stereocenters. The van der Waals surface area contributed by atoms with Crippen molar-refractivity contribution in [3.8, 4) is 0 Å². The average Bonchev–Trinajstić information content (AvgIpc) is 2.98. The maximum atomic E-state index is 12.5. The van der Waals surface area contributed by atoms with Gasteiger partial charge in [0, 0.05) is 17.1 Å². The maximum absolute atomic E-state index is 12.5. The van der Waals surface area contributed by atoms with Crippen LogP contribution in [0.25, 0.3) is 0 Å². The van der Waals surface area contributed by atoms with Gasteiger partial charge in [-0.15, -0.1) is 0 Å². The summed E-state index contributed by atoms with van der Waals surface area (Å²) in [4.78, 5) is 14.8. The van der Waals surface area contributed by atoms with Crippen LogP contribution in [0.2, 0.25) is 5.02 Å². The number of nitrogens with one attached hydrogen (secondary N) is 1. The largest absolute Gasteiger partial charge is 0.352 e. The van der Waals surface area contributed by atoms with Crippen molar-refractivity contribution in [1.29, 1.82) is 0 Å². The van der Waals surface area contributed by atoms with Gasteiger partial charge in [0.25, 0.3) is 0 Å². The summed E-state index contributed by atoms with van der Waals surface area (Å²) >= 11 is 5.98. The van der Waals surface area contributed by atoms with Crippen LogP contribution in [0.15, 0.2) is 24.3 Å². The molecule has 0 unspecified atom stereocenters. The highest BCUT2D eigenvalue weighted by molar-refractivity contribution is 6.30. The van der Waals surface area contributed by atoms with Crippen molar-refractivity contribution in [2.45, 2.75) is 57.5 Å². The number of hydrogen-bond acceptors (Lipinski definition) is 2. The minimum atomic E-state index is 0.185. The van der Waals surface area contributed by atoms with Crippen molar-refractivity contribution >= 4 is 17.5 Å². The summed E-state index contributed by atoms with van der Waals surface area (Å²) in [7, 11) is 0. The van der Waals surface area contributed by atoms with Crippen LogP contribution < -0.4 is 5.32 Å². The van der Waals surface area contributed by atoms with Gasteiger partial charge in [-0.25, -0.2) is 0 Å². The van der Waals surface area contributed by atoms with Crippen LogP contribution in [-0.2, 0) is 4.79 Å². The number of hydrogen-bond donors (Lipinski definition) is 1. The minimum absolute atomic E-state index is 0.185. The molecule has 1 saturated heterocycles. The van der Waals surface area contributed by atoms with Crippen molar-refractivity contribution in [1.82, 2.24) is 10.2 Å². The van der Waals surface area contributed by atoms with Crippen LogP contribution in [0.1, 0.15) is 57.1 Å². The quantitative estimate of drug-likeness (QED) is 0.896. The maximum Gasteiger partial charge on any atom is 0.234 e. The van der Waals surface area contributed by atoms with E-state index >= 15 is 0 Å².